The summed E-state index contributed by atoms with van der Waals surface area (Å²) in [6.07, 6.45) is 0.583. The molecule has 0 saturated heterocycles. The molecule has 0 spiro atoms. The Hall–Kier alpha value is -0.572. The molecule has 176 valence electrons. The molecule has 0 rings (SSSR count). The quantitative estimate of drug-likeness (QED) is 0.262. The van der Waals surface area contributed by atoms with Crippen LogP contribution >= 0.6 is 0 Å². The molecule has 0 amide bonds. The van der Waals surface area contributed by atoms with E-state index in [-0.39, 0.29) is 23.5 Å². The SMILES string of the molecule is CC(C)/C(C(=O)O)=C(/CCC[Si](O[Si](C)(C)C)(O[Si](C)(C)C)O[Si](C)(C)C)C(=O)O. The lowest BCUT2D eigenvalue weighted by molar-refractivity contribution is -0.136. The number of rotatable bonds is 13. The van der Waals surface area contributed by atoms with Crippen LogP contribution in [0.2, 0.25) is 65.0 Å². The van der Waals surface area contributed by atoms with Crippen molar-refractivity contribution < 1.29 is 32.1 Å². The van der Waals surface area contributed by atoms with Crippen molar-refractivity contribution in [3.63, 3.8) is 0 Å². The molecule has 0 atom stereocenters. The summed E-state index contributed by atoms with van der Waals surface area (Å²) in [7, 11) is -9.12. The lowest BCUT2D eigenvalue weighted by atomic mass is 9.94. The van der Waals surface area contributed by atoms with E-state index < -0.39 is 45.7 Å². The van der Waals surface area contributed by atoms with Crippen LogP contribution in [0.3, 0.4) is 0 Å². The number of carboxylic acids is 2. The summed E-state index contributed by atoms with van der Waals surface area (Å²) < 4.78 is 19.8. The second-order valence-electron chi connectivity index (χ2n) is 10.8. The standard InChI is InChI=1S/C19H42O7Si4/c1-15(2)17(19(22)23)16(18(20)21)13-12-14-30(24-27(3,4)5,25-28(6,7)8)26-29(9,10)11/h15H,12-14H2,1-11H3,(H,20,21)(H,22,23)/b17-16+. The van der Waals surface area contributed by atoms with E-state index in [0.29, 0.717) is 12.5 Å². The Morgan fingerprint density at radius 1 is 0.733 bits per heavy atom. The molecule has 30 heavy (non-hydrogen) atoms. The molecule has 0 aliphatic rings. The summed E-state index contributed by atoms with van der Waals surface area (Å²) in [5.74, 6) is -2.75. The Balaban J connectivity index is 6.02. The van der Waals surface area contributed by atoms with Crippen molar-refractivity contribution in [1.82, 2.24) is 0 Å². The minimum atomic E-state index is -3.07. The molecule has 0 aliphatic carbocycles. The predicted octanol–water partition coefficient (Wildman–Crippen LogP) is 5.38. The zero-order valence-corrected chi connectivity index (χ0v) is 24.6. The van der Waals surface area contributed by atoms with Crippen LogP contribution in [0, 0.1) is 5.92 Å². The van der Waals surface area contributed by atoms with Gasteiger partial charge in [0.1, 0.15) is 0 Å². The third-order valence-corrected chi connectivity index (χ3v) is 15.7. The maximum Gasteiger partial charge on any atom is 0.469 e. The van der Waals surface area contributed by atoms with Gasteiger partial charge in [-0.1, -0.05) is 13.8 Å². The van der Waals surface area contributed by atoms with Crippen LogP contribution in [-0.4, -0.2) is 55.9 Å². The van der Waals surface area contributed by atoms with E-state index in [1.165, 1.54) is 0 Å². The van der Waals surface area contributed by atoms with E-state index in [2.05, 4.69) is 58.9 Å². The number of hydrogen-bond acceptors (Lipinski definition) is 5. The Morgan fingerprint density at radius 2 is 1.10 bits per heavy atom. The van der Waals surface area contributed by atoms with Crippen LogP contribution in [0.25, 0.3) is 0 Å². The smallest absolute Gasteiger partial charge is 0.469 e. The van der Waals surface area contributed by atoms with Crippen LogP contribution in [0.5, 0.6) is 0 Å². The van der Waals surface area contributed by atoms with Gasteiger partial charge in [0.25, 0.3) is 0 Å². The molecule has 2 N–H and O–H groups in total. The number of carbonyl (C=O) groups is 2. The fourth-order valence-corrected chi connectivity index (χ4v) is 17.8. The van der Waals surface area contributed by atoms with Crippen LogP contribution < -0.4 is 0 Å². The van der Waals surface area contributed by atoms with Crippen molar-refractivity contribution in [2.24, 2.45) is 5.92 Å². The van der Waals surface area contributed by atoms with Crippen molar-refractivity contribution in [2.45, 2.75) is 91.7 Å². The predicted molar refractivity (Wildman–Crippen MR) is 130 cm³/mol. The normalized spacial score (nSPS) is 14.7. The first kappa shape index (κ1) is 29.4. The van der Waals surface area contributed by atoms with Gasteiger partial charge in [0.05, 0.1) is 0 Å². The fourth-order valence-electron chi connectivity index (χ4n) is 3.18. The van der Waals surface area contributed by atoms with Crippen LogP contribution in [-0.2, 0) is 21.9 Å². The van der Waals surface area contributed by atoms with Crippen LogP contribution in [0.4, 0.5) is 0 Å². The third-order valence-electron chi connectivity index (χ3n) is 3.69. The van der Waals surface area contributed by atoms with Gasteiger partial charge >= 0.3 is 20.7 Å². The topological polar surface area (TPSA) is 102 Å². The third kappa shape index (κ3) is 11.7. The van der Waals surface area contributed by atoms with Gasteiger partial charge in [-0.25, -0.2) is 9.59 Å². The van der Waals surface area contributed by atoms with Crippen molar-refractivity contribution in [2.75, 3.05) is 0 Å². The molecular formula is C19H42O7Si4. The first-order valence-corrected chi connectivity index (χ1v) is 22.6. The van der Waals surface area contributed by atoms with Gasteiger partial charge in [-0.2, -0.15) is 0 Å². The largest absolute Gasteiger partial charge is 0.478 e. The molecule has 11 heteroatoms. The zero-order valence-electron chi connectivity index (χ0n) is 20.6. The molecule has 0 radical (unpaired) electrons. The molecule has 0 aromatic heterocycles. The Kier molecular flexibility index (Phi) is 10.6. The molecule has 0 saturated carbocycles. The summed E-state index contributed by atoms with van der Waals surface area (Å²) in [5.41, 5.74) is -0.0903. The second kappa shape index (κ2) is 10.8. The summed E-state index contributed by atoms with van der Waals surface area (Å²) in [4.78, 5) is 23.4. The average molecular weight is 495 g/mol. The Bertz CT molecular complexity index is 600. The molecular weight excluding hydrogens is 453 g/mol. The maximum atomic E-state index is 11.8. The monoisotopic (exact) mass is 494 g/mol. The summed E-state index contributed by atoms with van der Waals surface area (Å²) >= 11 is 0. The van der Waals surface area contributed by atoms with Gasteiger partial charge in [-0.15, -0.1) is 0 Å². The van der Waals surface area contributed by atoms with Crippen LogP contribution in [0.15, 0.2) is 11.1 Å². The minimum absolute atomic E-state index is 0.0434. The lowest BCUT2D eigenvalue weighted by Gasteiger charge is -2.43. The zero-order chi connectivity index (χ0) is 24.1. The molecule has 0 unspecified atom stereocenters. The molecule has 0 fully saturated rings. The Morgan fingerprint density at radius 3 is 1.33 bits per heavy atom. The highest BCUT2D eigenvalue weighted by molar-refractivity contribution is 6.90. The summed E-state index contributed by atoms with van der Waals surface area (Å²) in [5, 5.41) is 19.2. The second-order valence-corrected chi connectivity index (χ2v) is 27.8. The average Bonchev–Trinajstić information content (AvgIpc) is 2.38. The number of aliphatic carboxylic acids is 2. The first-order valence-electron chi connectivity index (χ1n) is 10.5. The molecule has 0 aliphatic heterocycles. The van der Waals surface area contributed by atoms with E-state index in [0.717, 1.165) is 0 Å². The van der Waals surface area contributed by atoms with Crippen molar-refractivity contribution in [3.8, 4) is 0 Å². The van der Waals surface area contributed by atoms with Gasteiger partial charge in [0.2, 0.25) is 0 Å². The molecule has 0 aromatic rings. The molecule has 7 nitrogen and oxygen atoms in total. The minimum Gasteiger partial charge on any atom is -0.478 e. The molecule has 0 heterocycles. The number of carboxylic acid groups (broad SMARTS) is 2. The number of hydrogen-bond donors (Lipinski definition) is 2. The highest BCUT2D eigenvalue weighted by Gasteiger charge is 2.49. The van der Waals surface area contributed by atoms with E-state index in [4.69, 9.17) is 12.3 Å². The lowest BCUT2D eigenvalue weighted by Crippen LogP contribution is -2.60. The Labute approximate surface area is 186 Å². The van der Waals surface area contributed by atoms with Gasteiger partial charge in [0, 0.05) is 17.2 Å². The van der Waals surface area contributed by atoms with E-state index in [1.54, 1.807) is 13.8 Å². The molecule has 0 aromatic carbocycles. The van der Waals surface area contributed by atoms with Gasteiger partial charge in [0.15, 0.2) is 25.0 Å². The van der Waals surface area contributed by atoms with Gasteiger partial charge in [-0.05, 0) is 77.7 Å². The highest BCUT2D eigenvalue weighted by atomic mass is 28.5. The van der Waals surface area contributed by atoms with Gasteiger partial charge < -0.3 is 22.6 Å². The first-order chi connectivity index (χ1) is 13.2. The van der Waals surface area contributed by atoms with Gasteiger partial charge in [-0.3, -0.25) is 0 Å². The highest BCUT2D eigenvalue weighted by Crippen LogP contribution is 2.31. The maximum absolute atomic E-state index is 11.8. The summed E-state index contributed by atoms with van der Waals surface area (Å²) in [6.45, 7) is 22.3. The van der Waals surface area contributed by atoms with Crippen molar-refractivity contribution >= 4 is 45.7 Å². The van der Waals surface area contributed by atoms with E-state index >= 15 is 0 Å². The van der Waals surface area contributed by atoms with E-state index in [1.807, 2.05) is 0 Å². The fraction of sp³-hybridized carbons (Fsp3) is 0.789. The molecule has 0 bridgehead atoms. The van der Waals surface area contributed by atoms with Crippen molar-refractivity contribution in [3.05, 3.63) is 11.1 Å². The van der Waals surface area contributed by atoms with Crippen LogP contribution in [0.1, 0.15) is 26.7 Å². The van der Waals surface area contributed by atoms with Crippen molar-refractivity contribution in [1.29, 1.82) is 0 Å². The van der Waals surface area contributed by atoms with E-state index in [9.17, 15) is 19.8 Å². The summed E-state index contributed by atoms with van der Waals surface area (Å²) in [6, 6.07) is 0.480.